The molecule has 2 aromatic rings. The summed E-state index contributed by atoms with van der Waals surface area (Å²) in [5.41, 5.74) is 1.19. The van der Waals surface area contributed by atoms with Crippen LogP contribution in [0.2, 0.25) is 0 Å². The van der Waals surface area contributed by atoms with Crippen LogP contribution in [0.3, 0.4) is 0 Å². The Morgan fingerprint density at radius 2 is 2.04 bits per heavy atom. The summed E-state index contributed by atoms with van der Waals surface area (Å²) in [7, 11) is 0. The van der Waals surface area contributed by atoms with Gasteiger partial charge in [0.05, 0.1) is 19.3 Å². The molecule has 0 radical (unpaired) electrons. The lowest BCUT2D eigenvalue weighted by Crippen LogP contribution is -2.44. The molecule has 1 fully saturated rings. The summed E-state index contributed by atoms with van der Waals surface area (Å²) in [6.45, 7) is 5.54. The predicted molar refractivity (Wildman–Crippen MR) is 93.2 cm³/mol. The first-order valence-corrected chi connectivity index (χ1v) is 8.76. The number of nitrogens with zero attached hydrogens (tertiary/aromatic N) is 3. The van der Waals surface area contributed by atoms with Gasteiger partial charge in [0, 0.05) is 19.6 Å². The molecular formula is C16H21N5O2S. The van der Waals surface area contributed by atoms with E-state index < -0.39 is 0 Å². The van der Waals surface area contributed by atoms with Crippen molar-refractivity contribution in [1.82, 2.24) is 20.4 Å². The van der Waals surface area contributed by atoms with E-state index in [0.29, 0.717) is 11.7 Å². The van der Waals surface area contributed by atoms with Crippen molar-refractivity contribution in [3.8, 4) is 0 Å². The average molecular weight is 347 g/mol. The molecule has 1 atom stereocenters. The van der Waals surface area contributed by atoms with Crippen LogP contribution in [0.5, 0.6) is 0 Å². The van der Waals surface area contributed by atoms with E-state index in [1.54, 1.807) is 0 Å². The van der Waals surface area contributed by atoms with Crippen molar-refractivity contribution in [2.45, 2.75) is 13.0 Å². The molecule has 1 aromatic carbocycles. The fourth-order valence-corrected chi connectivity index (χ4v) is 3.29. The normalized spacial score (nSPS) is 16.5. The number of nitrogens with one attached hydrogen (secondary N) is 2. The molecule has 0 bridgehead atoms. The molecule has 0 saturated carbocycles. The lowest BCUT2D eigenvalue weighted by atomic mass is 10.0. The highest BCUT2D eigenvalue weighted by Crippen LogP contribution is 2.21. The van der Waals surface area contributed by atoms with Gasteiger partial charge in [0.2, 0.25) is 5.13 Å². The highest BCUT2D eigenvalue weighted by Gasteiger charge is 2.23. The van der Waals surface area contributed by atoms with Gasteiger partial charge in [-0.25, -0.2) is 4.79 Å². The van der Waals surface area contributed by atoms with Gasteiger partial charge >= 0.3 is 6.03 Å². The van der Waals surface area contributed by atoms with Crippen LogP contribution >= 0.6 is 11.3 Å². The Hall–Kier alpha value is -2.03. The standard InChI is InChI=1S/C16H21N5O2S/c1-12-19-20-16(24-12)18-15(22)17-11-14(13-5-3-2-4-6-13)21-7-9-23-10-8-21/h2-6,14H,7-11H2,1H3,(H2,17,18,20,22). The van der Waals surface area contributed by atoms with Crippen molar-refractivity contribution in [2.75, 3.05) is 38.2 Å². The average Bonchev–Trinajstić information content (AvgIpc) is 3.02. The molecule has 1 aliphatic heterocycles. The molecule has 2 N–H and O–H groups in total. The van der Waals surface area contributed by atoms with E-state index in [0.717, 1.165) is 31.3 Å². The van der Waals surface area contributed by atoms with Crippen molar-refractivity contribution >= 4 is 22.5 Å². The molecule has 3 rings (SSSR count). The molecule has 128 valence electrons. The predicted octanol–water partition coefficient (Wildman–Crippen LogP) is 2.04. The van der Waals surface area contributed by atoms with Crippen LogP contribution in [0.1, 0.15) is 16.6 Å². The lowest BCUT2D eigenvalue weighted by Gasteiger charge is -2.34. The smallest absolute Gasteiger partial charge is 0.321 e. The molecule has 2 amide bonds. The Morgan fingerprint density at radius 1 is 1.29 bits per heavy atom. The zero-order valence-corrected chi connectivity index (χ0v) is 14.4. The molecule has 0 spiro atoms. The van der Waals surface area contributed by atoms with E-state index in [1.165, 1.54) is 16.9 Å². The van der Waals surface area contributed by atoms with E-state index in [4.69, 9.17) is 4.74 Å². The number of carbonyl (C=O) groups excluding carboxylic acids is 1. The highest BCUT2D eigenvalue weighted by molar-refractivity contribution is 7.15. The number of urea groups is 1. The van der Waals surface area contributed by atoms with Crippen LogP contribution in [0.25, 0.3) is 0 Å². The van der Waals surface area contributed by atoms with Crippen molar-refractivity contribution < 1.29 is 9.53 Å². The number of carbonyl (C=O) groups is 1. The van der Waals surface area contributed by atoms with E-state index in [9.17, 15) is 4.79 Å². The minimum atomic E-state index is -0.264. The van der Waals surface area contributed by atoms with Crippen molar-refractivity contribution in [1.29, 1.82) is 0 Å². The summed E-state index contributed by atoms with van der Waals surface area (Å²) in [5.74, 6) is 0. The van der Waals surface area contributed by atoms with Crippen LogP contribution in [0.4, 0.5) is 9.93 Å². The van der Waals surface area contributed by atoms with Crippen LogP contribution in [-0.4, -0.2) is 54.0 Å². The van der Waals surface area contributed by atoms with Crippen molar-refractivity contribution in [3.63, 3.8) is 0 Å². The monoisotopic (exact) mass is 347 g/mol. The van der Waals surface area contributed by atoms with Crippen LogP contribution in [0.15, 0.2) is 30.3 Å². The molecule has 7 nitrogen and oxygen atoms in total. The largest absolute Gasteiger partial charge is 0.379 e. The minimum Gasteiger partial charge on any atom is -0.379 e. The SMILES string of the molecule is Cc1nnc(NC(=O)NCC(c2ccccc2)N2CCOCC2)s1. The molecule has 2 heterocycles. The fraction of sp³-hybridized carbons (Fsp3) is 0.438. The van der Waals surface area contributed by atoms with Gasteiger partial charge in [0.1, 0.15) is 5.01 Å². The number of rotatable bonds is 5. The second-order valence-electron chi connectivity index (χ2n) is 5.54. The Morgan fingerprint density at radius 3 is 2.71 bits per heavy atom. The Balaban J connectivity index is 1.62. The first-order chi connectivity index (χ1) is 11.7. The summed E-state index contributed by atoms with van der Waals surface area (Å²) < 4.78 is 5.44. The van der Waals surface area contributed by atoms with Gasteiger partial charge < -0.3 is 10.1 Å². The maximum absolute atomic E-state index is 12.1. The van der Waals surface area contributed by atoms with Gasteiger partial charge in [0.15, 0.2) is 0 Å². The maximum Gasteiger partial charge on any atom is 0.321 e. The number of aromatic nitrogens is 2. The Kier molecular flexibility index (Phi) is 5.73. The number of hydrogen-bond donors (Lipinski definition) is 2. The van der Waals surface area contributed by atoms with Gasteiger partial charge in [-0.3, -0.25) is 10.2 Å². The zero-order valence-electron chi connectivity index (χ0n) is 13.6. The van der Waals surface area contributed by atoms with Crippen LogP contribution in [0, 0.1) is 6.92 Å². The summed E-state index contributed by atoms with van der Waals surface area (Å²) in [6.07, 6.45) is 0. The number of amides is 2. The molecule has 1 unspecified atom stereocenters. The van der Waals surface area contributed by atoms with E-state index in [2.05, 4.69) is 37.9 Å². The fourth-order valence-electron chi connectivity index (χ4n) is 2.70. The highest BCUT2D eigenvalue weighted by atomic mass is 32.1. The number of aryl methyl sites for hydroxylation is 1. The van der Waals surface area contributed by atoms with Gasteiger partial charge in [-0.2, -0.15) is 0 Å². The third-order valence-electron chi connectivity index (χ3n) is 3.87. The molecule has 1 saturated heterocycles. The second-order valence-corrected chi connectivity index (χ2v) is 6.72. The van der Waals surface area contributed by atoms with Crippen LogP contribution < -0.4 is 10.6 Å². The van der Waals surface area contributed by atoms with Gasteiger partial charge in [-0.15, -0.1) is 10.2 Å². The number of hydrogen-bond acceptors (Lipinski definition) is 6. The Labute approximate surface area is 145 Å². The summed E-state index contributed by atoms with van der Waals surface area (Å²) in [5, 5.41) is 14.8. The number of anilines is 1. The second kappa shape index (κ2) is 8.18. The summed E-state index contributed by atoms with van der Waals surface area (Å²) in [4.78, 5) is 14.5. The molecule has 24 heavy (non-hydrogen) atoms. The first kappa shape index (κ1) is 16.8. The lowest BCUT2D eigenvalue weighted by molar-refractivity contribution is 0.0168. The molecule has 8 heteroatoms. The van der Waals surface area contributed by atoms with E-state index >= 15 is 0 Å². The van der Waals surface area contributed by atoms with E-state index in [-0.39, 0.29) is 12.1 Å². The number of benzene rings is 1. The van der Waals surface area contributed by atoms with Gasteiger partial charge in [0.25, 0.3) is 0 Å². The number of ether oxygens (including phenoxy) is 1. The third kappa shape index (κ3) is 4.50. The molecule has 1 aromatic heterocycles. The topological polar surface area (TPSA) is 79.4 Å². The minimum absolute atomic E-state index is 0.122. The summed E-state index contributed by atoms with van der Waals surface area (Å²) in [6, 6.07) is 10.1. The zero-order chi connectivity index (χ0) is 16.8. The van der Waals surface area contributed by atoms with E-state index in [1.807, 2.05) is 25.1 Å². The van der Waals surface area contributed by atoms with Crippen LogP contribution in [-0.2, 0) is 4.74 Å². The quantitative estimate of drug-likeness (QED) is 0.865. The molecular weight excluding hydrogens is 326 g/mol. The van der Waals surface area contributed by atoms with Crippen molar-refractivity contribution in [2.24, 2.45) is 0 Å². The molecule has 0 aliphatic carbocycles. The Bertz CT molecular complexity index is 657. The third-order valence-corrected chi connectivity index (χ3v) is 4.63. The molecule has 1 aliphatic rings. The van der Waals surface area contributed by atoms with Gasteiger partial charge in [-0.05, 0) is 12.5 Å². The number of morpholine rings is 1. The van der Waals surface area contributed by atoms with Crippen molar-refractivity contribution in [3.05, 3.63) is 40.9 Å². The first-order valence-electron chi connectivity index (χ1n) is 7.94. The van der Waals surface area contributed by atoms with Gasteiger partial charge in [-0.1, -0.05) is 41.7 Å². The maximum atomic E-state index is 12.1. The summed E-state index contributed by atoms with van der Waals surface area (Å²) >= 11 is 1.35.